The summed E-state index contributed by atoms with van der Waals surface area (Å²) in [6.07, 6.45) is 0.936. The molecule has 2 saturated heterocycles. The predicted octanol–water partition coefficient (Wildman–Crippen LogP) is 4.01. The standard InChI is InChI=1S/C26H27F3N2O5/c1-33-23-21(34-13-15-9-18-19(10-15)26(18,28)29)6-5-20(30-23)24(32)31-8-7-25(22(12-31)35-14-36-25)16-3-2-4-17(27)11-16/h2-6,11,15,18-19,22H,7-10,12-14H2,1H3/t15?,18?,19?,22-,25-/m1/s1. The summed E-state index contributed by atoms with van der Waals surface area (Å²) < 4.78 is 63.6. The molecule has 2 aliphatic carbocycles. The number of benzene rings is 1. The molecule has 0 radical (unpaired) electrons. The summed E-state index contributed by atoms with van der Waals surface area (Å²) in [5, 5.41) is 0. The first-order valence-electron chi connectivity index (χ1n) is 12.2. The van der Waals surface area contributed by atoms with Crippen molar-refractivity contribution in [2.75, 3.05) is 33.6 Å². The van der Waals surface area contributed by atoms with Crippen LogP contribution in [0.3, 0.4) is 0 Å². The van der Waals surface area contributed by atoms with Gasteiger partial charge in [0.2, 0.25) is 0 Å². The third-order valence-corrected chi connectivity index (χ3v) is 8.10. The molecule has 0 N–H and O–H groups in total. The molecule has 0 spiro atoms. The van der Waals surface area contributed by atoms with Crippen LogP contribution in [-0.2, 0) is 15.1 Å². The highest BCUT2D eigenvalue weighted by Crippen LogP contribution is 2.65. The van der Waals surface area contributed by atoms with E-state index in [1.807, 2.05) is 6.07 Å². The third kappa shape index (κ3) is 3.82. The fourth-order valence-electron chi connectivity index (χ4n) is 6.05. The Balaban J connectivity index is 1.11. The maximum atomic E-state index is 13.9. The molecule has 36 heavy (non-hydrogen) atoms. The predicted molar refractivity (Wildman–Crippen MR) is 120 cm³/mol. The van der Waals surface area contributed by atoms with Crippen molar-refractivity contribution in [2.24, 2.45) is 17.8 Å². The van der Waals surface area contributed by atoms with Gasteiger partial charge in [0.1, 0.15) is 30.0 Å². The van der Waals surface area contributed by atoms with Crippen molar-refractivity contribution in [2.45, 2.75) is 36.9 Å². The van der Waals surface area contributed by atoms with Crippen molar-refractivity contribution in [1.82, 2.24) is 9.88 Å². The maximum Gasteiger partial charge on any atom is 0.272 e. The lowest BCUT2D eigenvalue weighted by atomic mass is 9.82. The molecule has 7 nitrogen and oxygen atoms in total. The van der Waals surface area contributed by atoms with Gasteiger partial charge in [0.25, 0.3) is 17.7 Å². The molecule has 2 aromatic rings. The maximum absolute atomic E-state index is 13.9. The Morgan fingerprint density at radius 3 is 2.78 bits per heavy atom. The number of alkyl halides is 2. The quantitative estimate of drug-likeness (QED) is 0.592. The van der Waals surface area contributed by atoms with Gasteiger partial charge < -0.3 is 23.8 Å². The summed E-state index contributed by atoms with van der Waals surface area (Å²) in [5.74, 6) is -3.55. The molecule has 1 aromatic carbocycles. The van der Waals surface area contributed by atoms with E-state index >= 15 is 0 Å². The van der Waals surface area contributed by atoms with E-state index in [1.165, 1.54) is 19.2 Å². The van der Waals surface area contributed by atoms with Crippen molar-refractivity contribution in [1.29, 1.82) is 0 Å². The minimum atomic E-state index is -2.50. The van der Waals surface area contributed by atoms with E-state index in [4.69, 9.17) is 18.9 Å². The molecular weight excluding hydrogens is 477 g/mol. The number of pyridine rings is 1. The number of hydrogen-bond acceptors (Lipinski definition) is 6. The van der Waals surface area contributed by atoms with E-state index in [-0.39, 0.29) is 42.6 Å². The van der Waals surface area contributed by atoms with Gasteiger partial charge in [0, 0.05) is 24.8 Å². The number of amides is 1. The number of rotatable bonds is 6. The molecule has 192 valence electrons. The van der Waals surface area contributed by atoms with Crippen molar-refractivity contribution in [3.05, 3.63) is 53.5 Å². The van der Waals surface area contributed by atoms with E-state index in [1.54, 1.807) is 23.1 Å². The summed E-state index contributed by atoms with van der Waals surface area (Å²) in [5.41, 5.74) is 0.0896. The molecule has 4 aliphatic rings. The van der Waals surface area contributed by atoms with Gasteiger partial charge in [-0.3, -0.25) is 4.79 Å². The van der Waals surface area contributed by atoms with Gasteiger partial charge in [-0.25, -0.2) is 18.2 Å². The Morgan fingerprint density at radius 2 is 2.03 bits per heavy atom. The topological polar surface area (TPSA) is 70.1 Å². The van der Waals surface area contributed by atoms with Gasteiger partial charge in [0.15, 0.2) is 5.75 Å². The third-order valence-electron chi connectivity index (χ3n) is 8.10. The molecule has 1 aromatic heterocycles. The molecular formula is C26H27F3N2O5. The first kappa shape index (κ1) is 23.5. The van der Waals surface area contributed by atoms with E-state index in [0.29, 0.717) is 43.7 Å². The number of nitrogens with zero attached hydrogens (tertiary/aromatic N) is 2. The van der Waals surface area contributed by atoms with Crippen LogP contribution in [0.4, 0.5) is 13.2 Å². The van der Waals surface area contributed by atoms with Crippen LogP contribution in [0.1, 0.15) is 35.3 Å². The SMILES string of the molecule is COc1nc(C(=O)N2CC[C@]3(c4cccc(F)c4)OCO[C@@H]3C2)ccc1OCC1CC2C(C1)C2(F)F. The second-order valence-corrected chi connectivity index (χ2v) is 10.1. The summed E-state index contributed by atoms with van der Waals surface area (Å²) >= 11 is 0. The number of carbonyl (C=O) groups is 1. The lowest BCUT2D eigenvalue weighted by Crippen LogP contribution is -2.53. The smallest absolute Gasteiger partial charge is 0.272 e. The number of carbonyl (C=O) groups excluding carboxylic acids is 1. The molecule has 2 unspecified atom stereocenters. The first-order chi connectivity index (χ1) is 17.3. The van der Waals surface area contributed by atoms with E-state index in [0.717, 1.165) is 0 Å². The number of likely N-dealkylation sites (tertiary alicyclic amines) is 1. The lowest BCUT2D eigenvalue weighted by molar-refractivity contribution is -0.0441. The van der Waals surface area contributed by atoms with Crippen molar-refractivity contribution < 1.29 is 36.9 Å². The Hall–Kier alpha value is -2.85. The molecule has 10 heteroatoms. The summed E-state index contributed by atoms with van der Waals surface area (Å²) in [4.78, 5) is 19.3. The van der Waals surface area contributed by atoms with Crippen LogP contribution in [-0.4, -0.2) is 61.4 Å². The second kappa shape index (κ2) is 8.62. The van der Waals surface area contributed by atoms with Gasteiger partial charge in [-0.1, -0.05) is 12.1 Å². The zero-order chi connectivity index (χ0) is 25.1. The number of hydrogen-bond donors (Lipinski definition) is 0. The molecule has 3 heterocycles. The summed E-state index contributed by atoms with van der Waals surface area (Å²) in [7, 11) is 1.44. The number of methoxy groups -OCH3 is 1. The van der Waals surface area contributed by atoms with Crippen LogP contribution in [0.2, 0.25) is 0 Å². The van der Waals surface area contributed by atoms with Gasteiger partial charge in [-0.05, 0) is 48.6 Å². The molecule has 1 amide bonds. The zero-order valence-corrected chi connectivity index (χ0v) is 19.8. The van der Waals surface area contributed by atoms with Crippen molar-refractivity contribution in [3.63, 3.8) is 0 Å². The molecule has 0 bridgehead atoms. The molecule has 2 saturated carbocycles. The van der Waals surface area contributed by atoms with Crippen LogP contribution in [0.5, 0.6) is 11.6 Å². The Kier molecular flexibility index (Phi) is 5.64. The van der Waals surface area contributed by atoms with Gasteiger partial charge in [-0.15, -0.1) is 0 Å². The molecule has 4 fully saturated rings. The average molecular weight is 505 g/mol. The fraction of sp³-hybridized carbons (Fsp3) is 0.538. The zero-order valence-electron chi connectivity index (χ0n) is 19.8. The first-order valence-corrected chi connectivity index (χ1v) is 12.2. The molecule has 6 rings (SSSR count). The largest absolute Gasteiger partial charge is 0.488 e. The van der Waals surface area contributed by atoms with Crippen LogP contribution < -0.4 is 9.47 Å². The Labute approximate surface area is 206 Å². The van der Waals surface area contributed by atoms with E-state index < -0.39 is 29.5 Å². The fourth-order valence-corrected chi connectivity index (χ4v) is 6.05. The summed E-state index contributed by atoms with van der Waals surface area (Å²) in [6.45, 7) is 1.03. The van der Waals surface area contributed by atoms with Gasteiger partial charge in [-0.2, -0.15) is 0 Å². The highest BCUT2D eigenvalue weighted by molar-refractivity contribution is 5.92. The lowest BCUT2D eigenvalue weighted by Gasteiger charge is -2.41. The van der Waals surface area contributed by atoms with Crippen molar-refractivity contribution >= 4 is 5.91 Å². The van der Waals surface area contributed by atoms with Crippen LogP contribution in [0, 0.1) is 23.6 Å². The normalized spacial score (nSPS) is 32.1. The number of piperidine rings is 1. The van der Waals surface area contributed by atoms with Crippen LogP contribution in [0.25, 0.3) is 0 Å². The minimum Gasteiger partial charge on any atom is -0.488 e. The molecule has 4 atom stereocenters. The minimum absolute atomic E-state index is 0.0709. The van der Waals surface area contributed by atoms with E-state index in [2.05, 4.69) is 4.98 Å². The van der Waals surface area contributed by atoms with E-state index in [9.17, 15) is 18.0 Å². The number of aromatic nitrogens is 1. The van der Waals surface area contributed by atoms with Crippen LogP contribution >= 0.6 is 0 Å². The van der Waals surface area contributed by atoms with Gasteiger partial charge >= 0.3 is 0 Å². The number of ether oxygens (including phenoxy) is 4. The van der Waals surface area contributed by atoms with Gasteiger partial charge in [0.05, 0.1) is 20.3 Å². The highest BCUT2D eigenvalue weighted by atomic mass is 19.3. The highest BCUT2D eigenvalue weighted by Gasteiger charge is 2.71. The second-order valence-electron chi connectivity index (χ2n) is 10.1. The monoisotopic (exact) mass is 504 g/mol. The number of halogens is 3. The Morgan fingerprint density at radius 1 is 1.22 bits per heavy atom. The number of fused-ring (bicyclic) bond motifs is 2. The van der Waals surface area contributed by atoms with Crippen LogP contribution in [0.15, 0.2) is 36.4 Å². The molecule has 2 aliphatic heterocycles. The average Bonchev–Trinajstić information content (AvgIpc) is 3.30. The van der Waals surface area contributed by atoms with Crippen molar-refractivity contribution in [3.8, 4) is 11.6 Å². The summed E-state index contributed by atoms with van der Waals surface area (Å²) in [6, 6.07) is 9.48. The Bertz CT molecular complexity index is 1170.